The number of rotatable bonds is 3. The number of pyridine rings is 1. The summed E-state index contributed by atoms with van der Waals surface area (Å²) in [5.41, 5.74) is 0.285. The Hall–Kier alpha value is -1.13. The molecule has 0 saturated heterocycles. The molecular weight excluding hydrogens is 230 g/mol. The van der Waals surface area contributed by atoms with E-state index >= 15 is 0 Å². The molecule has 0 aliphatic heterocycles. The molecule has 0 aromatic carbocycles. The van der Waals surface area contributed by atoms with Crippen molar-refractivity contribution in [2.75, 3.05) is 0 Å². The molecule has 0 amide bonds. The summed E-state index contributed by atoms with van der Waals surface area (Å²) in [6, 6.07) is 3.42. The molecule has 1 heterocycles. The van der Waals surface area contributed by atoms with E-state index in [4.69, 9.17) is 16.7 Å². The Kier molecular flexibility index (Phi) is 3.55. The van der Waals surface area contributed by atoms with E-state index < -0.39 is 17.5 Å². The summed E-state index contributed by atoms with van der Waals surface area (Å²) in [7, 11) is 0. The van der Waals surface area contributed by atoms with Crippen LogP contribution in [-0.4, -0.2) is 27.3 Å². The first kappa shape index (κ1) is 12.9. The zero-order valence-corrected chi connectivity index (χ0v) is 10.1. The van der Waals surface area contributed by atoms with Crippen LogP contribution in [0.4, 0.5) is 0 Å². The van der Waals surface area contributed by atoms with E-state index in [0.29, 0.717) is 5.56 Å². The first-order valence-corrected chi connectivity index (χ1v) is 5.19. The van der Waals surface area contributed by atoms with Gasteiger partial charge in [-0.1, -0.05) is 31.5 Å². The lowest BCUT2D eigenvalue weighted by Crippen LogP contribution is -2.40. The van der Waals surface area contributed by atoms with Gasteiger partial charge >= 0.3 is 5.97 Å². The van der Waals surface area contributed by atoms with Crippen LogP contribution in [0.15, 0.2) is 12.1 Å². The zero-order chi connectivity index (χ0) is 12.5. The number of aliphatic hydroxyl groups is 1. The Bertz CT molecular complexity index is 418. The van der Waals surface area contributed by atoms with Crippen LogP contribution in [0, 0.1) is 6.92 Å². The lowest BCUT2D eigenvalue weighted by atomic mass is 9.80. The van der Waals surface area contributed by atoms with E-state index in [-0.39, 0.29) is 5.15 Å². The summed E-state index contributed by atoms with van der Waals surface area (Å²) in [6.07, 6.45) is -1.52. The maximum Gasteiger partial charge on any atom is 0.333 e. The highest BCUT2D eigenvalue weighted by Crippen LogP contribution is 2.32. The van der Waals surface area contributed by atoms with Gasteiger partial charge in [-0.3, -0.25) is 0 Å². The van der Waals surface area contributed by atoms with Crippen LogP contribution in [-0.2, 0) is 10.2 Å². The normalized spacial score (nSPS) is 13.6. The van der Waals surface area contributed by atoms with Crippen LogP contribution in [0.25, 0.3) is 0 Å². The van der Waals surface area contributed by atoms with Gasteiger partial charge in [0, 0.05) is 11.1 Å². The van der Waals surface area contributed by atoms with Gasteiger partial charge in [-0.15, -0.1) is 0 Å². The van der Waals surface area contributed by atoms with Crippen molar-refractivity contribution in [3.05, 3.63) is 28.5 Å². The van der Waals surface area contributed by atoms with Gasteiger partial charge in [-0.25, -0.2) is 9.78 Å². The van der Waals surface area contributed by atoms with E-state index in [2.05, 4.69) is 4.98 Å². The SMILES string of the molecule is Cc1ccc(C(C)(C)C(O)C(=O)O)c(Cl)n1. The van der Waals surface area contributed by atoms with Crippen LogP contribution in [0.1, 0.15) is 25.1 Å². The van der Waals surface area contributed by atoms with Gasteiger partial charge in [0.2, 0.25) is 0 Å². The molecule has 5 heteroatoms. The highest BCUT2D eigenvalue weighted by atomic mass is 35.5. The van der Waals surface area contributed by atoms with Gasteiger partial charge < -0.3 is 10.2 Å². The number of carboxylic acid groups (broad SMARTS) is 1. The predicted molar refractivity (Wildman–Crippen MR) is 60.7 cm³/mol. The number of hydrogen-bond acceptors (Lipinski definition) is 3. The second-order valence-electron chi connectivity index (χ2n) is 4.25. The van der Waals surface area contributed by atoms with E-state index in [9.17, 15) is 9.90 Å². The van der Waals surface area contributed by atoms with Crippen LogP contribution in [0.5, 0.6) is 0 Å². The Morgan fingerprint density at radius 1 is 1.50 bits per heavy atom. The van der Waals surface area contributed by atoms with Gasteiger partial charge in [0.05, 0.1) is 0 Å². The third-order valence-corrected chi connectivity index (χ3v) is 2.89. The maximum absolute atomic E-state index is 10.8. The monoisotopic (exact) mass is 243 g/mol. The van der Waals surface area contributed by atoms with Crippen molar-refractivity contribution in [2.45, 2.75) is 32.3 Å². The highest BCUT2D eigenvalue weighted by molar-refractivity contribution is 6.30. The van der Waals surface area contributed by atoms with Gasteiger partial charge in [-0.05, 0) is 18.6 Å². The van der Waals surface area contributed by atoms with E-state index in [0.717, 1.165) is 5.69 Å². The second kappa shape index (κ2) is 4.39. The molecular formula is C11H14ClNO3. The largest absolute Gasteiger partial charge is 0.479 e. The van der Waals surface area contributed by atoms with Gasteiger partial charge in [0.1, 0.15) is 5.15 Å². The predicted octanol–water partition coefficient (Wildman–Crippen LogP) is 1.77. The second-order valence-corrected chi connectivity index (χ2v) is 4.61. The number of aliphatic carboxylic acids is 1. The van der Waals surface area contributed by atoms with Gasteiger partial charge in [-0.2, -0.15) is 0 Å². The number of carboxylic acids is 1. The molecule has 0 aliphatic carbocycles. The van der Waals surface area contributed by atoms with E-state index in [1.807, 2.05) is 0 Å². The molecule has 1 unspecified atom stereocenters. The van der Waals surface area contributed by atoms with Crippen LogP contribution in [0.3, 0.4) is 0 Å². The van der Waals surface area contributed by atoms with Crippen molar-refractivity contribution in [3.8, 4) is 0 Å². The molecule has 0 spiro atoms. The van der Waals surface area contributed by atoms with E-state index in [1.165, 1.54) is 0 Å². The standard InChI is InChI=1S/C11H14ClNO3/c1-6-4-5-7(9(12)13-6)11(2,3)8(14)10(15)16/h4-5,8,14H,1-3H3,(H,15,16). The summed E-state index contributed by atoms with van der Waals surface area (Å²) in [4.78, 5) is 14.8. The number of aliphatic hydroxyl groups excluding tert-OH is 1. The lowest BCUT2D eigenvalue weighted by Gasteiger charge is -2.28. The lowest BCUT2D eigenvalue weighted by molar-refractivity contribution is -0.150. The average molecular weight is 244 g/mol. The summed E-state index contributed by atoms with van der Waals surface area (Å²) in [5.74, 6) is -1.28. The molecule has 0 saturated carbocycles. The van der Waals surface area contributed by atoms with Crippen LogP contribution < -0.4 is 0 Å². The molecule has 1 aromatic rings. The minimum absolute atomic E-state index is 0.227. The molecule has 16 heavy (non-hydrogen) atoms. The fourth-order valence-corrected chi connectivity index (χ4v) is 1.90. The molecule has 0 aliphatic rings. The number of halogens is 1. The average Bonchev–Trinajstić information content (AvgIpc) is 2.15. The topological polar surface area (TPSA) is 70.4 Å². The Morgan fingerprint density at radius 3 is 2.50 bits per heavy atom. The quantitative estimate of drug-likeness (QED) is 0.794. The van der Waals surface area contributed by atoms with Gasteiger partial charge in [0.15, 0.2) is 6.10 Å². The number of hydrogen-bond donors (Lipinski definition) is 2. The summed E-state index contributed by atoms with van der Waals surface area (Å²) < 4.78 is 0. The van der Waals surface area contributed by atoms with Crippen molar-refractivity contribution in [1.29, 1.82) is 0 Å². The Labute approximate surface area is 98.9 Å². The number of carbonyl (C=O) groups is 1. The summed E-state index contributed by atoms with van der Waals surface area (Å²) in [6.45, 7) is 5.02. The van der Waals surface area contributed by atoms with Gasteiger partial charge in [0.25, 0.3) is 0 Å². The first-order chi connectivity index (χ1) is 7.26. The highest BCUT2D eigenvalue weighted by Gasteiger charge is 2.37. The van der Waals surface area contributed by atoms with E-state index in [1.54, 1.807) is 32.9 Å². The van der Waals surface area contributed by atoms with Crippen LogP contribution in [0.2, 0.25) is 5.15 Å². The molecule has 2 N–H and O–H groups in total. The van der Waals surface area contributed by atoms with Crippen molar-refractivity contribution in [2.24, 2.45) is 0 Å². The van der Waals surface area contributed by atoms with Crippen LogP contribution >= 0.6 is 11.6 Å². The third-order valence-electron chi connectivity index (χ3n) is 2.60. The molecule has 0 radical (unpaired) electrons. The molecule has 0 fully saturated rings. The Morgan fingerprint density at radius 2 is 2.06 bits per heavy atom. The van der Waals surface area contributed by atoms with Crippen molar-refractivity contribution in [3.63, 3.8) is 0 Å². The third kappa shape index (κ3) is 2.33. The minimum Gasteiger partial charge on any atom is -0.479 e. The molecule has 4 nitrogen and oxygen atoms in total. The zero-order valence-electron chi connectivity index (χ0n) is 9.36. The molecule has 1 atom stereocenters. The van der Waals surface area contributed by atoms with Crippen molar-refractivity contribution in [1.82, 2.24) is 4.98 Å². The summed E-state index contributed by atoms with van der Waals surface area (Å²) >= 11 is 5.95. The Balaban J connectivity index is 3.21. The number of aryl methyl sites for hydroxylation is 1. The van der Waals surface area contributed by atoms with Crippen molar-refractivity contribution >= 4 is 17.6 Å². The smallest absolute Gasteiger partial charge is 0.333 e. The number of nitrogens with zero attached hydrogens (tertiary/aromatic N) is 1. The number of aromatic nitrogens is 1. The fourth-order valence-electron chi connectivity index (χ4n) is 1.46. The first-order valence-electron chi connectivity index (χ1n) is 4.81. The molecule has 0 bridgehead atoms. The molecule has 1 aromatic heterocycles. The van der Waals surface area contributed by atoms with Crippen molar-refractivity contribution < 1.29 is 15.0 Å². The molecule has 88 valence electrons. The fraction of sp³-hybridized carbons (Fsp3) is 0.455. The molecule has 1 rings (SSSR count). The maximum atomic E-state index is 10.8. The minimum atomic E-state index is -1.52. The summed E-state index contributed by atoms with van der Waals surface area (Å²) in [5, 5.41) is 18.7.